The summed E-state index contributed by atoms with van der Waals surface area (Å²) in [7, 11) is 1.77. The summed E-state index contributed by atoms with van der Waals surface area (Å²) in [6.45, 7) is 0.781. The van der Waals surface area contributed by atoms with Crippen molar-refractivity contribution in [3.8, 4) is 11.3 Å². The van der Waals surface area contributed by atoms with Gasteiger partial charge in [0.1, 0.15) is 0 Å². The topological polar surface area (TPSA) is 81.3 Å². The number of nitro benzene ring substituents is 1. The van der Waals surface area contributed by atoms with Crippen LogP contribution in [0.1, 0.15) is 48.9 Å². The van der Waals surface area contributed by atoms with Gasteiger partial charge in [-0.25, -0.2) is 0 Å². The van der Waals surface area contributed by atoms with Crippen LogP contribution in [0.2, 0.25) is 0 Å². The Balaban J connectivity index is 1.70. The van der Waals surface area contributed by atoms with Crippen molar-refractivity contribution in [2.24, 2.45) is 13.0 Å². The molecule has 1 saturated carbocycles. The molecule has 27 heavy (non-hydrogen) atoms. The van der Waals surface area contributed by atoms with Gasteiger partial charge in [-0.05, 0) is 31.6 Å². The number of rotatable bonds is 3. The zero-order chi connectivity index (χ0) is 19.0. The van der Waals surface area contributed by atoms with E-state index >= 15 is 0 Å². The van der Waals surface area contributed by atoms with Gasteiger partial charge in [0.05, 0.1) is 22.4 Å². The number of nitrogens with zero attached hydrogens (tertiary/aromatic N) is 4. The molecule has 1 aliphatic carbocycles. The number of amides is 1. The first kappa shape index (κ1) is 17.7. The summed E-state index contributed by atoms with van der Waals surface area (Å²) in [5, 5.41) is 15.4. The summed E-state index contributed by atoms with van der Waals surface area (Å²) in [5.74, 6) is 0.607. The first-order chi connectivity index (χ1) is 13.1. The summed E-state index contributed by atoms with van der Waals surface area (Å²) in [6.07, 6.45) is 8.56. The largest absolute Gasteiger partial charge is 0.335 e. The monoisotopic (exact) mass is 368 g/mol. The van der Waals surface area contributed by atoms with Crippen molar-refractivity contribution in [1.82, 2.24) is 14.7 Å². The van der Waals surface area contributed by atoms with Crippen LogP contribution in [-0.2, 0) is 7.05 Å². The van der Waals surface area contributed by atoms with Gasteiger partial charge < -0.3 is 4.90 Å². The maximum atomic E-state index is 13.4. The highest BCUT2D eigenvalue weighted by atomic mass is 16.6. The predicted molar refractivity (Wildman–Crippen MR) is 101 cm³/mol. The molecule has 1 aromatic carbocycles. The van der Waals surface area contributed by atoms with Crippen molar-refractivity contribution in [3.05, 3.63) is 46.1 Å². The standard InChI is InChI=1S/C20H24N4O3/c1-22-19(15-7-4-9-16(12-15)24(26)27)17(13-21-22)20(25)23-11-5-8-14-6-2-3-10-18(14)23/h4,7,9,12-14,18H,2-3,5-6,8,10-11H2,1H3. The highest BCUT2D eigenvalue weighted by molar-refractivity contribution is 6.00. The molecule has 1 aromatic heterocycles. The second-order valence-electron chi connectivity index (χ2n) is 7.59. The van der Waals surface area contributed by atoms with Gasteiger partial charge >= 0.3 is 0 Å². The number of aromatic nitrogens is 2. The minimum absolute atomic E-state index is 0.00112. The Labute approximate surface area is 158 Å². The molecule has 1 aliphatic heterocycles. The van der Waals surface area contributed by atoms with E-state index in [0.29, 0.717) is 28.8 Å². The van der Waals surface area contributed by atoms with Crippen LogP contribution in [0, 0.1) is 16.0 Å². The average Bonchev–Trinajstić information content (AvgIpc) is 3.08. The predicted octanol–water partition coefficient (Wildman–Crippen LogP) is 3.79. The number of fused-ring (bicyclic) bond motifs is 1. The third-order valence-corrected chi connectivity index (χ3v) is 6.00. The van der Waals surface area contributed by atoms with Crippen molar-refractivity contribution >= 4 is 11.6 Å². The lowest BCUT2D eigenvalue weighted by molar-refractivity contribution is -0.384. The molecule has 2 unspecified atom stereocenters. The molecule has 1 saturated heterocycles. The fourth-order valence-electron chi connectivity index (χ4n) is 4.73. The fourth-order valence-corrected chi connectivity index (χ4v) is 4.73. The van der Waals surface area contributed by atoms with Gasteiger partial charge in [-0.2, -0.15) is 5.10 Å². The van der Waals surface area contributed by atoms with Gasteiger partial charge in [0.15, 0.2) is 0 Å². The molecular weight excluding hydrogens is 344 g/mol. The summed E-state index contributed by atoms with van der Waals surface area (Å²) in [6, 6.07) is 6.72. The third-order valence-electron chi connectivity index (χ3n) is 6.00. The highest BCUT2D eigenvalue weighted by Gasteiger charge is 2.37. The number of carbonyl (C=O) groups excluding carboxylic acids is 1. The lowest BCUT2D eigenvalue weighted by atomic mass is 9.78. The molecular formula is C20H24N4O3. The summed E-state index contributed by atoms with van der Waals surface area (Å²) in [5.41, 5.74) is 1.83. The highest BCUT2D eigenvalue weighted by Crippen LogP contribution is 2.37. The molecule has 2 heterocycles. The number of hydrogen-bond acceptors (Lipinski definition) is 4. The quantitative estimate of drug-likeness (QED) is 0.610. The maximum absolute atomic E-state index is 13.4. The number of benzene rings is 1. The third kappa shape index (κ3) is 3.22. The molecule has 2 atom stereocenters. The van der Waals surface area contributed by atoms with Crippen molar-refractivity contribution < 1.29 is 9.72 Å². The number of carbonyl (C=O) groups is 1. The van der Waals surface area contributed by atoms with Crippen LogP contribution < -0.4 is 0 Å². The van der Waals surface area contributed by atoms with E-state index in [2.05, 4.69) is 5.10 Å². The van der Waals surface area contributed by atoms with E-state index in [-0.39, 0.29) is 11.6 Å². The van der Waals surface area contributed by atoms with Crippen molar-refractivity contribution in [1.29, 1.82) is 0 Å². The minimum atomic E-state index is -0.418. The summed E-state index contributed by atoms with van der Waals surface area (Å²) < 4.78 is 1.63. The molecule has 0 spiro atoms. The minimum Gasteiger partial charge on any atom is -0.335 e. The Kier molecular flexibility index (Phi) is 4.68. The molecule has 1 amide bonds. The molecule has 0 bridgehead atoms. The Morgan fingerprint density at radius 3 is 2.81 bits per heavy atom. The fraction of sp³-hybridized carbons (Fsp3) is 0.500. The molecule has 7 heteroatoms. The van der Waals surface area contributed by atoms with Gasteiger partial charge in [-0.3, -0.25) is 19.6 Å². The Morgan fingerprint density at radius 1 is 1.22 bits per heavy atom. The van der Waals surface area contributed by atoms with Gasteiger partial charge in [-0.1, -0.05) is 25.0 Å². The molecule has 7 nitrogen and oxygen atoms in total. The average molecular weight is 368 g/mol. The number of hydrogen-bond donors (Lipinski definition) is 0. The number of non-ortho nitro benzene ring substituents is 1. The summed E-state index contributed by atoms with van der Waals surface area (Å²) in [4.78, 5) is 26.2. The van der Waals surface area contributed by atoms with Crippen molar-refractivity contribution in [3.63, 3.8) is 0 Å². The lowest BCUT2D eigenvalue weighted by Crippen LogP contribution is -2.49. The van der Waals surface area contributed by atoms with Crippen LogP contribution >= 0.6 is 0 Å². The number of aryl methyl sites for hydroxylation is 1. The molecule has 2 fully saturated rings. The van der Waals surface area contributed by atoms with E-state index in [1.165, 1.54) is 37.8 Å². The zero-order valence-electron chi connectivity index (χ0n) is 15.5. The first-order valence-electron chi connectivity index (χ1n) is 9.64. The summed E-state index contributed by atoms with van der Waals surface area (Å²) >= 11 is 0. The maximum Gasteiger partial charge on any atom is 0.270 e. The van der Waals surface area contributed by atoms with Crippen LogP contribution in [-0.4, -0.2) is 38.1 Å². The molecule has 2 aliphatic rings. The van der Waals surface area contributed by atoms with E-state index in [9.17, 15) is 14.9 Å². The van der Waals surface area contributed by atoms with Gasteiger partial charge in [0.2, 0.25) is 0 Å². The Hall–Kier alpha value is -2.70. The van der Waals surface area contributed by atoms with Crippen LogP contribution in [0.3, 0.4) is 0 Å². The van der Waals surface area contributed by atoms with E-state index < -0.39 is 4.92 Å². The van der Waals surface area contributed by atoms with Crippen LogP contribution in [0.25, 0.3) is 11.3 Å². The Morgan fingerprint density at radius 2 is 2.00 bits per heavy atom. The number of piperidine rings is 1. The molecule has 0 N–H and O–H groups in total. The van der Waals surface area contributed by atoms with Gasteiger partial charge in [0, 0.05) is 37.3 Å². The molecule has 2 aromatic rings. The number of nitro groups is 1. The lowest BCUT2D eigenvalue weighted by Gasteiger charge is -2.44. The second kappa shape index (κ2) is 7.13. The zero-order valence-corrected chi connectivity index (χ0v) is 15.5. The van der Waals surface area contributed by atoms with Gasteiger partial charge in [0.25, 0.3) is 11.6 Å². The van der Waals surface area contributed by atoms with Crippen LogP contribution in [0.4, 0.5) is 5.69 Å². The number of likely N-dealkylation sites (tertiary alicyclic amines) is 1. The Bertz CT molecular complexity index is 874. The van der Waals surface area contributed by atoms with E-state index in [1.807, 2.05) is 4.90 Å². The molecule has 4 rings (SSSR count). The van der Waals surface area contributed by atoms with Crippen LogP contribution in [0.5, 0.6) is 0 Å². The van der Waals surface area contributed by atoms with Crippen molar-refractivity contribution in [2.75, 3.05) is 6.54 Å². The van der Waals surface area contributed by atoms with Gasteiger partial charge in [-0.15, -0.1) is 0 Å². The SMILES string of the molecule is Cn1ncc(C(=O)N2CCCC3CCCCC32)c1-c1cccc([N+](=O)[O-])c1. The van der Waals surface area contributed by atoms with E-state index in [4.69, 9.17) is 0 Å². The van der Waals surface area contributed by atoms with E-state index in [1.54, 1.807) is 30.1 Å². The second-order valence-corrected chi connectivity index (χ2v) is 7.59. The molecule has 0 radical (unpaired) electrons. The van der Waals surface area contributed by atoms with Crippen LogP contribution in [0.15, 0.2) is 30.5 Å². The smallest absolute Gasteiger partial charge is 0.270 e. The normalized spacial score (nSPS) is 22.3. The molecule has 142 valence electrons. The van der Waals surface area contributed by atoms with Crippen molar-refractivity contribution in [2.45, 2.75) is 44.6 Å². The van der Waals surface area contributed by atoms with E-state index in [0.717, 1.165) is 19.4 Å². The first-order valence-corrected chi connectivity index (χ1v) is 9.64.